The van der Waals surface area contributed by atoms with Gasteiger partial charge in [-0.2, -0.15) is 0 Å². The van der Waals surface area contributed by atoms with Crippen molar-refractivity contribution in [1.29, 1.82) is 0 Å². The number of hydrogen-bond donors (Lipinski definition) is 0. The van der Waals surface area contributed by atoms with E-state index in [4.69, 9.17) is 9.72 Å². The van der Waals surface area contributed by atoms with Crippen molar-refractivity contribution in [2.24, 2.45) is 0 Å². The minimum atomic E-state index is 0.743. The summed E-state index contributed by atoms with van der Waals surface area (Å²) in [5.74, 6) is 2.34. The molecule has 0 atom stereocenters. The quantitative estimate of drug-likeness (QED) is 0.152. The molecular weight excluding hydrogens is 1020 g/mol. The number of fused-ring (bicyclic) bond motifs is 7. The van der Waals surface area contributed by atoms with E-state index in [1.165, 1.54) is 25.7 Å². The maximum atomic E-state index is 6.82. The van der Waals surface area contributed by atoms with E-state index in [1.807, 2.05) is 23.6 Å². The van der Waals surface area contributed by atoms with E-state index >= 15 is 0 Å². The van der Waals surface area contributed by atoms with Crippen LogP contribution in [-0.2, 0) is 19.4 Å². The van der Waals surface area contributed by atoms with Crippen LogP contribution >= 0.6 is 11.3 Å². The van der Waals surface area contributed by atoms with Crippen molar-refractivity contribution in [3.05, 3.63) is 234 Å². The van der Waals surface area contributed by atoms with E-state index in [0.29, 0.717) is 0 Å². The van der Waals surface area contributed by atoms with Crippen molar-refractivity contribution in [1.82, 2.24) is 18.7 Å². The van der Waals surface area contributed by atoms with Gasteiger partial charge in [-0.3, -0.25) is 0 Å². The predicted molar refractivity (Wildman–Crippen MR) is 274 cm³/mol. The monoisotopic (exact) mass is 1060 g/mol. The summed E-state index contributed by atoms with van der Waals surface area (Å²) in [6.07, 6.45) is 2.02. The van der Waals surface area contributed by atoms with Gasteiger partial charge in [-0.15, -0.1) is 11.3 Å². The molecule has 320 valence electrons. The Bertz CT molecular complexity index is 4030. The third-order valence-corrected chi connectivity index (χ3v) is 14.9. The van der Waals surface area contributed by atoms with Gasteiger partial charge in [0.2, 0.25) is 0 Å². The maximum absolute atomic E-state index is 6.82. The molecule has 7 heteroatoms. The second kappa shape index (κ2) is 16.2. The van der Waals surface area contributed by atoms with Crippen LogP contribution in [0.1, 0.15) is 0 Å². The summed E-state index contributed by atoms with van der Waals surface area (Å²) in [5.41, 5.74) is 13.4. The number of benzene rings is 9. The summed E-state index contributed by atoms with van der Waals surface area (Å²) in [6, 6.07) is 79.6. The van der Waals surface area contributed by atoms with Crippen LogP contribution in [-0.4, -0.2) is 18.7 Å². The Morgan fingerprint density at radius 1 is 0.403 bits per heavy atom. The second-order valence-electron chi connectivity index (χ2n) is 16.6. The van der Waals surface area contributed by atoms with E-state index in [0.717, 1.165) is 93.2 Å². The van der Waals surface area contributed by atoms with E-state index in [-0.39, 0.29) is 0 Å². The number of rotatable bonds is 8. The third kappa shape index (κ3) is 6.63. The summed E-state index contributed by atoms with van der Waals surface area (Å²) >= 11 is 4.34. The van der Waals surface area contributed by atoms with Gasteiger partial charge in [0.05, 0.1) is 0 Å². The van der Waals surface area contributed by atoms with Crippen molar-refractivity contribution in [3.63, 3.8) is 0 Å². The molecule has 0 aliphatic carbocycles. The number of aromatic nitrogens is 4. The number of thiophene rings is 1. The molecule has 0 N–H and O–H groups in total. The number of hydrogen-bond acceptors (Lipinski definition) is 3. The zero-order valence-corrected chi connectivity index (χ0v) is 38.9. The van der Waals surface area contributed by atoms with Gasteiger partial charge < -0.3 is 0 Å². The first-order chi connectivity index (χ1) is 33.2. The van der Waals surface area contributed by atoms with Crippen LogP contribution in [0.25, 0.3) is 104 Å². The third-order valence-electron chi connectivity index (χ3n) is 12.8. The van der Waals surface area contributed by atoms with Crippen molar-refractivity contribution in [2.45, 2.75) is 0 Å². The van der Waals surface area contributed by atoms with Crippen LogP contribution < -0.4 is 4.74 Å². The number of para-hydroxylation sites is 4. The molecule has 0 bridgehead atoms. The SMILES string of the molecule is [Pt]=[c]1n(-c2cccc(Oc3ccc4c5ccccc5n(-c5ccc(-c6cccc7sc8ccccc8c67)cn5)c4c3)c2)c2ccccc2n1-c1c(-c2ccccc2)cccc1-c1ccccc1. The van der Waals surface area contributed by atoms with Crippen LogP contribution in [0.15, 0.2) is 231 Å². The summed E-state index contributed by atoms with van der Waals surface area (Å²) in [4.78, 5) is 5.15. The van der Waals surface area contributed by atoms with Gasteiger partial charge in [-0.1, -0.05) is 42.5 Å². The molecule has 0 aliphatic heterocycles. The van der Waals surface area contributed by atoms with Gasteiger partial charge in [0, 0.05) is 31.9 Å². The van der Waals surface area contributed by atoms with Crippen molar-refractivity contribution < 1.29 is 24.1 Å². The zero-order chi connectivity index (χ0) is 44.4. The summed E-state index contributed by atoms with van der Waals surface area (Å²) in [5, 5.41) is 4.87. The number of ether oxygens (including phenoxy) is 1. The molecule has 0 saturated carbocycles. The van der Waals surface area contributed by atoms with Crippen LogP contribution in [0.5, 0.6) is 11.5 Å². The van der Waals surface area contributed by atoms with E-state index < -0.39 is 0 Å². The molecule has 0 spiro atoms. The molecule has 5 nitrogen and oxygen atoms in total. The topological polar surface area (TPSA) is 36.9 Å². The second-order valence-corrected chi connectivity index (χ2v) is 18.7. The van der Waals surface area contributed by atoms with Crippen molar-refractivity contribution >= 4 is 64.3 Å². The van der Waals surface area contributed by atoms with E-state index in [9.17, 15) is 0 Å². The van der Waals surface area contributed by atoms with Gasteiger partial charge >= 0.3 is 294 Å². The van der Waals surface area contributed by atoms with Gasteiger partial charge in [0.25, 0.3) is 0 Å². The first-order valence-electron chi connectivity index (χ1n) is 22.3. The fraction of sp³-hybridized carbons (Fsp3) is 0. The van der Waals surface area contributed by atoms with Crippen LogP contribution in [0.4, 0.5) is 0 Å². The Balaban J connectivity index is 0.901. The van der Waals surface area contributed by atoms with Gasteiger partial charge in [-0.05, 0) is 23.8 Å². The first kappa shape index (κ1) is 39.5. The standard InChI is InChI=1S/C60H38N4OS.Pt/c1-3-16-40(17-4-1)47-25-14-26-48(41-18-5-2-6-19-41)60(47)63-39-62(53-28-10-11-29-54(53)63)43-20-13-21-44(36-43)65-45-33-34-50-49-22-7-9-27-52(49)64(55(50)37-45)58-35-32-42(38-61-58)46-24-15-31-57-59(46)51-23-8-12-30-56(51)66-57;/h1-38H;. The molecule has 4 aromatic heterocycles. The Hall–Kier alpha value is -7.89. The Morgan fingerprint density at radius 2 is 1.00 bits per heavy atom. The number of imidazole rings is 1. The minimum absolute atomic E-state index is 0.743. The Morgan fingerprint density at radius 3 is 1.75 bits per heavy atom. The average molecular weight is 1060 g/mol. The Kier molecular flexibility index (Phi) is 9.55. The number of nitrogens with zero attached hydrogens (tertiary/aromatic N) is 4. The summed E-state index contributed by atoms with van der Waals surface area (Å²) in [6.45, 7) is 0. The molecule has 4 heterocycles. The van der Waals surface area contributed by atoms with Crippen molar-refractivity contribution in [3.8, 4) is 62.1 Å². The molecule has 0 radical (unpaired) electrons. The zero-order valence-electron chi connectivity index (χ0n) is 35.9. The summed E-state index contributed by atoms with van der Waals surface area (Å²) in [7, 11) is 0. The molecule has 0 aliphatic rings. The summed E-state index contributed by atoms with van der Waals surface area (Å²) < 4.78 is 17.4. The van der Waals surface area contributed by atoms with E-state index in [1.54, 1.807) is 0 Å². The fourth-order valence-electron chi connectivity index (χ4n) is 9.83. The molecular formula is C60H38N4OPtS. The van der Waals surface area contributed by atoms with Crippen molar-refractivity contribution in [2.75, 3.05) is 0 Å². The molecule has 13 aromatic rings. The van der Waals surface area contributed by atoms with Gasteiger partial charge in [-0.25, -0.2) is 0 Å². The molecule has 9 aromatic carbocycles. The Labute approximate surface area is 401 Å². The van der Waals surface area contributed by atoms with E-state index in [2.05, 4.69) is 251 Å². The fourth-order valence-corrected chi connectivity index (χ4v) is 12.1. The first-order valence-corrected chi connectivity index (χ1v) is 24.2. The average Bonchev–Trinajstić information content (AvgIpc) is 4.03. The molecule has 67 heavy (non-hydrogen) atoms. The molecule has 0 saturated heterocycles. The number of pyridine rings is 1. The molecule has 13 rings (SSSR count). The van der Waals surface area contributed by atoms with Gasteiger partial charge in [0.15, 0.2) is 0 Å². The van der Waals surface area contributed by atoms with Gasteiger partial charge in [0.1, 0.15) is 0 Å². The normalized spacial score (nSPS) is 11.7. The van der Waals surface area contributed by atoms with Crippen LogP contribution in [0, 0.1) is 3.80 Å². The van der Waals surface area contributed by atoms with Crippen LogP contribution in [0.3, 0.4) is 0 Å². The molecule has 0 amide bonds. The predicted octanol–water partition coefficient (Wildman–Crippen LogP) is 16.2. The van der Waals surface area contributed by atoms with Crippen LogP contribution in [0.2, 0.25) is 0 Å². The molecule has 0 unspecified atom stereocenters. The molecule has 0 fully saturated rings.